The smallest absolute Gasteiger partial charge is 0.338 e. The number of likely N-dealkylation sites (tertiary alicyclic amines) is 1. The fourth-order valence-corrected chi connectivity index (χ4v) is 6.91. The highest BCUT2D eigenvalue weighted by Gasteiger charge is 2.44. The number of amides is 2. The second kappa shape index (κ2) is 13.2. The predicted molar refractivity (Wildman–Crippen MR) is 168 cm³/mol. The molecular formula is C35H50N4O4. The van der Waals surface area contributed by atoms with Crippen molar-refractivity contribution in [2.24, 2.45) is 5.92 Å². The van der Waals surface area contributed by atoms with E-state index in [0.29, 0.717) is 47.3 Å². The van der Waals surface area contributed by atoms with Crippen LogP contribution >= 0.6 is 0 Å². The second-order valence-corrected chi connectivity index (χ2v) is 14.1. The van der Waals surface area contributed by atoms with Crippen molar-refractivity contribution in [3.05, 3.63) is 53.2 Å². The minimum atomic E-state index is -0.536. The Hall–Kier alpha value is -3.13. The van der Waals surface area contributed by atoms with E-state index < -0.39 is 5.60 Å². The number of hydrogen-bond donors (Lipinski definition) is 0. The summed E-state index contributed by atoms with van der Waals surface area (Å²) in [6.45, 7) is 15.8. The Balaban J connectivity index is 1.15. The third kappa shape index (κ3) is 7.88. The molecule has 3 aliphatic rings. The first-order chi connectivity index (χ1) is 20.5. The highest BCUT2D eigenvalue weighted by molar-refractivity contribution is 5.89. The van der Waals surface area contributed by atoms with Crippen LogP contribution in [0.5, 0.6) is 11.6 Å². The van der Waals surface area contributed by atoms with Crippen LogP contribution in [0.4, 0.5) is 4.79 Å². The van der Waals surface area contributed by atoms with Crippen molar-refractivity contribution in [3.8, 4) is 11.6 Å². The number of piperidine rings is 1. The van der Waals surface area contributed by atoms with Crippen LogP contribution in [0.1, 0.15) is 101 Å². The van der Waals surface area contributed by atoms with E-state index in [4.69, 9.17) is 14.5 Å². The van der Waals surface area contributed by atoms with Crippen molar-refractivity contribution in [1.82, 2.24) is 19.7 Å². The molecule has 1 aromatic heterocycles. The summed E-state index contributed by atoms with van der Waals surface area (Å²) in [6, 6.07) is 12.4. The van der Waals surface area contributed by atoms with Crippen LogP contribution in [0.25, 0.3) is 0 Å². The summed E-state index contributed by atoms with van der Waals surface area (Å²) in [4.78, 5) is 37.7. The Morgan fingerprint density at radius 2 is 1.65 bits per heavy atom. The molecule has 2 aromatic rings. The van der Waals surface area contributed by atoms with E-state index in [1.54, 1.807) is 24.3 Å². The zero-order valence-electron chi connectivity index (χ0n) is 27.0. The number of pyridine rings is 1. The van der Waals surface area contributed by atoms with Gasteiger partial charge in [-0.15, -0.1) is 0 Å². The normalized spacial score (nSPS) is 20.8. The molecule has 1 aliphatic carbocycles. The van der Waals surface area contributed by atoms with Gasteiger partial charge in [0.1, 0.15) is 11.4 Å². The van der Waals surface area contributed by atoms with Gasteiger partial charge in [0.2, 0.25) is 5.88 Å². The van der Waals surface area contributed by atoms with E-state index in [2.05, 4.69) is 34.6 Å². The number of aryl methyl sites for hydroxylation is 1. The Morgan fingerprint density at radius 1 is 0.977 bits per heavy atom. The van der Waals surface area contributed by atoms with Crippen LogP contribution in [0, 0.1) is 12.8 Å². The number of esters is 1. The lowest BCUT2D eigenvalue weighted by Crippen LogP contribution is -2.49. The first-order valence-corrected chi connectivity index (χ1v) is 16.3. The number of aromatic nitrogens is 1. The highest BCUT2D eigenvalue weighted by Crippen LogP contribution is 2.34. The molecule has 1 aromatic carbocycles. The van der Waals surface area contributed by atoms with Gasteiger partial charge in [0.15, 0.2) is 0 Å². The molecule has 0 N–H and O–H groups in total. The Bertz CT molecular complexity index is 1260. The molecule has 0 radical (unpaired) electrons. The summed E-state index contributed by atoms with van der Waals surface area (Å²) in [7, 11) is 0. The topological polar surface area (TPSA) is 75.2 Å². The van der Waals surface area contributed by atoms with E-state index >= 15 is 0 Å². The molecule has 2 saturated heterocycles. The van der Waals surface area contributed by atoms with Gasteiger partial charge in [0.05, 0.1) is 11.6 Å². The molecule has 0 bridgehead atoms. The average Bonchev–Trinajstić information content (AvgIpc) is 3.58. The number of ether oxygens (including phenoxy) is 2. The van der Waals surface area contributed by atoms with Gasteiger partial charge in [-0.1, -0.05) is 32.8 Å². The molecule has 1 atom stereocenters. The van der Waals surface area contributed by atoms with Crippen molar-refractivity contribution in [2.75, 3.05) is 19.6 Å². The Morgan fingerprint density at radius 3 is 2.26 bits per heavy atom. The first-order valence-electron chi connectivity index (χ1n) is 16.3. The SMILES string of the molecule is Cc1nc(Oc2ccc(C(=O)OC(C)(C)C)cc2)ccc1CN1CCC(N2C(=O)N(C3CCCC3)CC2CC(C)C)CC1. The van der Waals surface area contributed by atoms with Crippen LogP contribution in [0.3, 0.4) is 0 Å². The quantitative estimate of drug-likeness (QED) is 0.288. The van der Waals surface area contributed by atoms with Crippen LogP contribution in [0.15, 0.2) is 36.4 Å². The van der Waals surface area contributed by atoms with Crippen molar-refractivity contribution < 1.29 is 19.1 Å². The van der Waals surface area contributed by atoms with Gasteiger partial charge in [-0.3, -0.25) is 4.90 Å². The van der Waals surface area contributed by atoms with E-state index in [0.717, 1.165) is 51.1 Å². The molecular weight excluding hydrogens is 540 g/mol. The minimum Gasteiger partial charge on any atom is -0.456 e. The summed E-state index contributed by atoms with van der Waals surface area (Å²) in [6.07, 6.45) is 7.98. The number of benzene rings is 1. The summed E-state index contributed by atoms with van der Waals surface area (Å²) in [5, 5.41) is 0. The summed E-state index contributed by atoms with van der Waals surface area (Å²) < 4.78 is 11.4. The van der Waals surface area contributed by atoms with Crippen molar-refractivity contribution in [1.29, 1.82) is 0 Å². The van der Waals surface area contributed by atoms with Gasteiger partial charge in [0.25, 0.3) is 0 Å². The molecule has 1 unspecified atom stereocenters. The fourth-order valence-electron chi connectivity index (χ4n) is 6.91. The molecule has 43 heavy (non-hydrogen) atoms. The fraction of sp³-hybridized carbons (Fsp3) is 0.629. The molecule has 2 amide bonds. The van der Waals surface area contributed by atoms with Gasteiger partial charge >= 0.3 is 12.0 Å². The van der Waals surface area contributed by atoms with Gasteiger partial charge < -0.3 is 19.3 Å². The van der Waals surface area contributed by atoms with Gasteiger partial charge in [-0.2, -0.15) is 0 Å². The van der Waals surface area contributed by atoms with Crippen molar-refractivity contribution in [2.45, 2.75) is 117 Å². The monoisotopic (exact) mass is 590 g/mol. The Labute approximate surface area is 257 Å². The largest absolute Gasteiger partial charge is 0.456 e. The van der Waals surface area contributed by atoms with Gasteiger partial charge in [0, 0.05) is 50.0 Å². The van der Waals surface area contributed by atoms with E-state index in [-0.39, 0.29) is 5.97 Å². The maximum Gasteiger partial charge on any atom is 0.338 e. The average molecular weight is 591 g/mol. The van der Waals surface area contributed by atoms with E-state index in [9.17, 15) is 9.59 Å². The standard InChI is InChI=1S/C35H50N4O4/c1-24(2)21-30-23-38(28-9-7-8-10-28)34(41)39(30)29-17-19-37(20-18-29)22-27-13-16-32(36-25(27)3)42-31-14-11-26(12-15-31)33(40)43-35(4,5)6/h11-16,24,28-30H,7-10,17-23H2,1-6H3. The second-order valence-electron chi connectivity index (χ2n) is 14.1. The molecule has 3 heterocycles. The zero-order valence-corrected chi connectivity index (χ0v) is 27.0. The summed E-state index contributed by atoms with van der Waals surface area (Å²) >= 11 is 0. The third-order valence-corrected chi connectivity index (χ3v) is 9.00. The molecule has 5 rings (SSSR count). The highest BCUT2D eigenvalue weighted by atomic mass is 16.6. The molecule has 8 nitrogen and oxygen atoms in total. The first kappa shape index (κ1) is 31.3. The summed E-state index contributed by atoms with van der Waals surface area (Å²) in [5.41, 5.74) is 2.09. The van der Waals surface area contributed by atoms with Crippen LogP contribution in [-0.2, 0) is 11.3 Å². The van der Waals surface area contributed by atoms with Gasteiger partial charge in [-0.05, 0) is 95.5 Å². The van der Waals surface area contributed by atoms with Crippen LogP contribution < -0.4 is 4.74 Å². The maximum absolute atomic E-state index is 13.7. The number of urea groups is 1. The van der Waals surface area contributed by atoms with Crippen molar-refractivity contribution >= 4 is 12.0 Å². The molecule has 0 spiro atoms. The molecule has 1 saturated carbocycles. The number of carbonyl (C=O) groups is 2. The maximum atomic E-state index is 13.7. The lowest BCUT2D eigenvalue weighted by Gasteiger charge is -2.39. The minimum absolute atomic E-state index is 0.297. The lowest BCUT2D eigenvalue weighted by atomic mass is 9.97. The zero-order chi connectivity index (χ0) is 30.7. The predicted octanol–water partition coefficient (Wildman–Crippen LogP) is 7.20. The Kier molecular flexibility index (Phi) is 9.64. The van der Waals surface area contributed by atoms with Crippen LogP contribution in [0.2, 0.25) is 0 Å². The molecule has 3 fully saturated rings. The lowest BCUT2D eigenvalue weighted by molar-refractivity contribution is 0.00694. The number of hydrogen-bond acceptors (Lipinski definition) is 6. The van der Waals surface area contributed by atoms with E-state index in [1.807, 2.05) is 33.8 Å². The van der Waals surface area contributed by atoms with Crippen LogP contribution in [-0.4, -0.2) is 75.0 Å². The number of rotatable bonds is 9. The third-order valence-electron chi connectivity index (χ3n) is 9.00. The van der Waals surface area contributed by atoms with Crippen molar-refractivity contribution in [3.63, 3.8) is 0 Å². The molecule has 8 heteroatoms. The van der Waals surface area contributed by atoms with Gasteiger partial charge in [-0.25, -0.2) is 14.6 Å². The molecule has 234 valence electrons. The molecule has 2 aliphatic heterocycles. The number of nitrogens with zero attached hydrogens (tertiary/aromatic N) is 4. The number of carbonyl (C=O) groups excluding carboxylic acids is 2. The van der Waals surface area contributed by atoms with E-state index in [1.165, 1.54) is 31.2 Å². The summed E-state index contributed by atoms with van der Waals surface area (Å²) in [5.74, 6) is 1.38.